The fourth-order valence-corrected chi connectivity index (χ4v) is 7.74. The van der Waals surface area contributed by atoms with Crippen molar-refractivity contribution in [2.45, 2.75) is 92.9 Å². The predicted octanol–water partition coefficient (Wildman–Crippen LogP) is 7.58. The third-order valence-electron chi connectivity index (χ3n) is 10.1. The number of carboxylic acid groups (broad SMARTS) is 2. The lowest BCUT2D eigenvalue weighted by molar-refractivity contribution is -0.137. The quantitative estimate of drug-likeness (QED) is 0.270. The SMILES string of the molecule is C=C(C)[C@@H]1CC=C2C(=CC[C@]3(C)[C@@H]([C@H](C)CC/C=C(/C)C(=O)O)CC[C@@]23C)[C@@]1(C)CCC(=O)O. The van der Waals surface area contributed by atoms with Crippen LogP contribution in [0.5, 0.6) is 0 Å². The van der Waals surface area contributed by atoms with Crippen molar-refractivity contribution in [1.82, 2.24) is 0 Å². The topological polar surface area (TPSA) is 74.6 Å². The van der Waals surface area contributed by atoms with E-state index >= 15 is 0 Å². The Labute approximate surface area is 205 Å². The number of hydrogen-bond acceptors (Lipinski definition) is 2. The minimum absolute atomic E-state index is 0.0767. The molecule has 0 aliphatic heterocycles. The maximum atomic E-state index is 11.5. The van der Waals surface area contributed by atoms with Gasteiger partial charge in [0.2, 0.25) is 0 Å². The number of rotatable bonds is 9. The number of aliphatic carboxylic acids is 2. The van der Waals surface area contributed by atoms with Crippen LogP contribution in [0, 0.1) is 34.0 Å². The Balaban J connectivity index is 1.91. The van der Waals surface area contributed by atoms with Crippen molar-refractivity contribution in [2.75, 3.05) is 0 Å². The van der Waals surface area contributed by atoms with E-state index in [0.717, 1.165) is 37.7 Å². The highest BCUT2D eigenvalue weighted by Gasteiger charge is 2.60. The maximum Gasteiger partial charge on any atom is 0.330 e. The molecule has 0 spiro atoms. The molecular formula is C30H44O4. The molecule has 34 heavy (non-hydrogen) atoms. The molecule has 0 amide bonds. The molecule has 0 heterocycles. The Hall–Kier alpha value is -2.10. The molecule has 0 unspecified atom stereocenters. The van der Waals surface area contributed by atoms with Gasteiger partial charge in [-0.15, -0.1) is 0 Å². The Morgan fingerprint density at radius 2 is 1.85 bits per heavy atom. The molecule has 3 aliphatic rings. The Kier molecular flexibility index (Phi) is 7.41. The van der Waals surface area contributed by atoms with Crippen LogP contribution in [0.25, 0.3) is 0 Å². The predicted molar refractivity (Wildman–Crippen MR) is 137 cm³/mol. The maximum absolute atomic E-state index is 11.5. The van der Waals surface area contributed by atoms with Gasteiger partial charge in [-0.3, -0.25) is 4.79 Å². The lowest BCUT2D eigenvalue weighted by atomic mass is 9.48. The first kappa shape index (κ1) is 26.5. The zero-order chi connectivity index (χ0) is 25.5. The summed E-state index contributed by atoms with van der Waals surface area (Å²) in [5, 5.41) is 18.6. The fraction of sp³-hybridized carbons (Fsp3) is 0.667. The van der Waals surface area contributed by atoms with Gasteiger partial charge < -0.3 is 10.2 Å². The highest BCUT2D eigenvalue weighted by atomic mass is 16.4. The van der Waals surface area contributed by atoms with Crippen LogP contribution in [0.4, 0.5) is 0 Å². The van der Waals surface area contributed by atoms with Crippen LogP contribution in [0.15, 0.2) is 47.1 Å². The molecule has 0 aromatic carbocycles. The van der Waals surface area contributed by atoms with Gasteiger partial charge in [0.15, 0.2) is 0 Å². The van der Waals surface area contributed by atoms with Crippen LogP contribution in [0.2, 0.25) is 0 Å². The minimum Gasteiger partial charge on any atom is -0.481 e. The third kappa shape index (κ3) is 4.33. The van der Waals surface area contributed by atoms with Crippen LogP contribution in [0.3, 0.4) is 0 Å². The van der Waals surface area contributed by atoms with Gasteiger partial charge >= 0.3 is 11.9 Å². The first-order chi connectivity index (χ1) is 15.8. The lowest BCUT2D eigenvalue weighted by Gasteiger charge is -2.56. The summed E-state index contributed by atoms with van der Waals surface area (Å²) in [7, 11) is 0. The molecule has 4 nitrogen and oxygen atoms in total. The van der Waals surface area contributed by atoms with Crippen molar-refractivity contribution in [1.29, 1.82) is 0 Å². The first-order valence-corrected chi connectivity index (χ1v) is 13.0. The lowest BCUT2D eigenvalue weighted by Crippen LogP contribution is -2.47. The van der Waals surface area contributed by atoms with Crippen molar-refractivity contribution < 1.29 is 19.8 Å². The second-order valence-electron chi connectivity index (χ2n) is 12.0. The Morgan fingerprint density at radius 1 is 1.18 bits per heavy atom. The van der Waals surface area contributed by atoms with E-state index in [1.165, 1.54) is 17.6 Å². The van der Waals surface area contributed by atoms with Gasteiger partial charge in [-0.05, 0) is 104 Å². The Bertz CT molecular complexity index is 953. The molecule has 188 valence electrons. The summed E-state index contributed by atoms with van der Waals surface area (Å²) < 4.78 is 0. The Morgan fingerprint density at radius 3 is 2.44 bits per heavy atom. The summed E-state index contributed by atoms with van der Waals surface area (Å²) in [6.45, 7) is 17.6. The van der Waals surface area contributed by atoms with Crippen LogP contribution < -0.4 is 0 Å². The highest BCUT2D eigenvalue weighted by molar-refractivity contribution is 5.85. The first-order valence-electron chi connectivity index (χ1n) is 13.0. The van der Waals surface area contributed by atoms with Gasteiger partial charge in [-0.2, -0.15) is 0 Å². The second-order valence-corrected chi connectivity index (χ2v) is 12.0. The number of carbonyl (C=O) groups is 2. The van der Waals surface area contributed by atoms with E-state index in [1.54, 1.807) is 6.92 Å². The molecule has 3 aliphatic carbocycles. The number of allylic oxidation sites excluding steroid dienone is 6. The molecule has 0 aromatic rings. The minimum atomic E-state index is -0.832. The van der Waals surface area contributed by atoms with E-state index in [9.17, 15) is 14.7 Å². The molecule has 6 atom stereocenters. The highest BCUT2D eigenvalue weighted by Crippen LogP contribution is 2.70. The summed E-state index contributed by atoms with van der Waals surface area (Å²) in [5.74, 6) is -0.187. The molecule has 0 aromatic heterocycles. The summed E-state index contributed by atoms with van der Waals surface area (Å²) in [4.78, 5) is 22.6. The van der Waals surface area contributed by atoms with Gasteiger partial charge in [0.05, 0.1) is 0 Å². The molecule has 2 N–H and O–H groups in total. The van der Waals surface area contributed by atoms with Crippen molar-refractivity contribution in [3.8, 4) is 0 Å². The molecule has 3 rings (SSSR count). The molecule has 1 saturated carbocycles. The van der Waals surface area contributed by atoms with E-state index in [-0.39, 0.29) is 28.6 Å². The summed E-state index contributed by atoms with van der Waals surface area (Å²) >= 11 is 0. The van der Waals surface area contributed by atoms with Crippen molar-refractivity contribution in [3.05, 3.63) is 47.1 Å². The fourth-order valence-electron chi connectivity index (χ4n) is 7.74. The van der Waals surface area contributed by atoms with E-state index < -0.39 is 11.9 Å². The van der Waals surface area contributed by atoms with E-state index in [4.69, 9.17) is 5.11 Å². The van der Waals surface area contributed by atoms with Crippen molar-refractivity contribution in [2.24, 2.45) is 34.0 Å². The van der Waals surface area contributed by atoms with Gasteiger partial charge in [0, 0.05) is 12.0 Å². The average molecular weight is 469 g/mol. The van der Waals surface area contributed by atoms with Crippen molar-refractivity contribution >= 4 is 11.9 Å². The van der Waals surface area contributed by atoms with E-state index in [1.807, 2.05) is 6.08 Å². The second kappa shape index (κ2) is 9.51. The van der Waals surface area contributed by atoms with Gasteiger partial charge in [0.1, 0.15) is 0 Å². The van der Waals surface area contributed by atoms with Gasteiger partial charge in [-0.25, -0.2) is 4.79 Å². The third-order valence-corrected chi connectivity index (χ3v) is 10.1. The summed E-state index contributed by atoms with van der Waals surface area (Å²) in [6, 6.07) is 0. The van der Waals surface area contributed by atoms with E-state index in [0.29, 0.717) is 23.8 Å². The van der Waals surface area contributed by atoms with Gasteiger partial charge in [-0.1, -0.05) is 58.1 Å². The molecule has 1 fully saturated rings. The van der Waals surface area contributed by atoms with E-state index in [2.05, 4.69) is 53.3 Å². The van der Waals surface area contributed by atoms with Crippen molar-refractivity contribution in [3.63, 3.8) is 0 Å². The van der Waals surface area contributed by atoms with Crippen LogP contribution >= 0.6 is 0 Å². The smallest absolute Gasteiger partial charge is 0.330 e. The standard InChI is InChI=1S/C30H44O4/c1-19(2)22-11-12-25-24(28(22,5)16-15-26(31)32)14-18-29(6)23(13-17-30(25,29)7)20(3)9-8-10-21(4)27(33)34/h10,12,14,20,22-23H,1,8-9,11,13,15-18H2,2-7H3,(H,31,32)(H,33,34)/b21-10-/t20-,22+,23-,28+,29-,30+/m1/s1. The van der Waals surface area contributed by atoms with Crippen LogP contribution in [-0.4, -0.2) is 22.2 Å². The average Bonchev–Trinajstić information content (AvgIpc) is 3.03. The summed E-state index contributed by atoms with van der Waals surface area (Å²) in [6.07, 6.45) is 13.7. The normalized spacial score (nSPS) is 36.1. The molecule has 4 heteroatoms. The van der Waals surface area contributed by atoms with Crippen LogP contribution in [-0.2, 0) is 9.59 Å². The molecule has 0 radical (unpaired) electrons. The monoisotopic (exact) mass is 468 g/mol. The molecule has 0 saturated heterocycles. The van der Waals surface area contributed by atoms with Gasteiger partial charge in [0.25, 0.3) is 0 Å². The zero-order valence-electron chi connectivity index (χ0n) is 22.0. The zero-order valence-corrected chi connectivity index (χ0v) is 22.0. The number of fused-ring (bicyclic) bond motifs is 3. The largest absolute Gasteiger partial charge is 0.481 e. The summed E-state index contributed by atoms with van der Waals surface area (Å²) in [5.41, 5.74) is 4.45. The number of carboxylic acids is 2. The van der Waals surface area contributed by atoms with Crippen LogP contribution in [0.1, 0.15) is 92.9 Å². The molecular weight excluding hydrogens is 424 g/mol. The number of hydrogen-bond donors (Lipinski definition) is 2. The molecule has 0 bridgehead atoms.